The molecule has 0 heterocycles. The molecule has 0 spiro atoms. The van der Waals surface area contributed by atoms with E-state index in [1.54, 1.807) is 12.1 Å². The maximum Gasteiger partial charge on any atom is 0.341 e. The first-order chi connectivity index (χ1) is 9.81. The van der Waals surface area contributed by atoms with Gasteiger partial charge in [0.15, 0.2) is 15.6 Å². The van der Waals surface area contributed by atoms with Gasteiger partial charge in [0.1, 0.15) is 10.5 Å². The largest absolute Gasteiger partial charge is 0.494 e. The second-order valence-corrected chi connectivity index (χ2v) is 6.79. The molecule has 0 atom stereocenters. The molecule has 0 aliphatic rings. The van der Waals surface area contributed by atoms with Crippen LogP contribution in [0.2, 0.25) is 0 Å². The van der Waals surface area contributed by atoms with Gasteiger partial charge in [-0.2, -0.15) is 0 Å². The van der Waals surface area contributed by atoms with Crippen LogP contribution in [0, 0.1) is 0 Å². The minimum atomic E-state index is -3.54. The summed E-state index contributed by atoms with van der Waals surface area (Å²) in [5.74, 6) is -0.461. The summed E-state index contributed by atoms with van der Waals surface area (Å²) in [7, 11) is -0.937. The zero-order valence-electron chi connectivity index (χ0n) is 13.1. The molecule has 0 N–H and O–H groups in total. The molecule has 0 aliphatic carbocycles. The van der Waals surface area contributed by atoms with Gasteiger partial charge >= 0.3 is 5.97 Å². The fourth-order valence-electron chi connectivity index (χ4n) is 2.48. The Morgan fingerprint density at radius 2 is 1.76 bits per heavy atom. The van der Waals surface area contributed by atoms with Crippen LogP contribution in [0.5, 0.6) is 5.75 Å². The molecule has 1 aromatic rings. The van der Waals surface area contributed by atoms with Crippen LogP contribution >= 0.6 is 0 Å². The molecule has 0 unspecified atom stereocenters. The Labute approximate surface area is 126 Å². The van der Waals surface area contributed by atoms with Gasteiger partial charge in [0.25, 0.3) is 0 Å². The van der Waals surface area contributed by atoms with Gasteiger partial charge in [-0.25, -0.2) is 13.2 Å². The number of esters is 1. The molecule has 6 heteroatoms. The first-order valence-corrected chi connectivity index (χ1v) is 8.70. The Morgan fingerprint density at radius 3 is 2.14 bits per heavy atom. The third kappa shape index (κ3) is 3.56. The molecule has 0 fully saturated rings. The van der Waals surface area contributed by atoms with Gasteiger partial charge in [-0.3, -0.25) is 0 Å². The Hall–Kier alpha value is -1.56. The fourth-order valence-corrected chi connectivity index (χ4v) is 3.68. The molecule has 0 saturated heterocycles. The molecule has 1 aromatic carbocycles. The number of rotatable bonds is 6. The van der Waals surface area contributed by atoms with E-state index in [0.29, 0.717) is 5.56 Å². The predicted molar refractivity (Wildman–Crippen MR) is 80.8 cm³/mol. The van der Waals surface area contributed by atoms with E-state index < -0.39 is 15.8 Å². The quantitative estimate of drug-likeness (QED) is 0.755. The average Bonchev–Trinajstić information content (AvgIpc) is 2.45. The summed E-state index contributed by atoms with van der Waals surface area (Å²) >= 11 is 0. The standard InChI is InChI=1S/C15H22O5S/c1-6-10(7-2)11-8-9-12(15(16)20-4)13(19-3)14(11)21(5,17)18/h8-10H,6-7H2,1-5H3. The lowest BCUT2D eigenvalue weighted by atomic mass is 9.92. The number of carbonyl (C=O) groups is 1. The summed E-state index contributed by atoms with van der Waals surface area (Å²) in [5.41, 5.74) is 0.808. The molecular weight excluding hydrogens is 292 g/mol. The predicted octanol–water partition coefficient (Wildman–Crippen LogP) is 2.79. The zero-order valence-corrected chi connectivity index (χ0v) is 13.9. The van der Waals surface area contributed by atoms with Gasteiger partial charge in [-0.15, -0.1) is 0 Å². The number of hydrogen-bond acceptors (Lipinski definition) is 5. The van der Waals surface area contributed by atoms with Crippen molar-refractivity contribution in [2.45, 2.75) is 37.5 Å². The van der Waals surface area contributed by atoms with Crippen molar-refractivity contribution in [2.75, 3.05) is 20.5 Å². The normalized spacial score (nSPS) is 11.5. The van der Waals surface area contributed by atoms with Crippen molar-refractivity contribution in [3.05, 3.63) is 23.3 Å². The Bertz CT molecular complexity index is 615. The van der Waals surface area contributed by atoms with Crippen molar-refractivity contribution >= 4 is 15.8 Å². The Morgan fingerprint density at radius 1 is 1.19 bits per heavy atom. The molecule has 0 radical (unpaired) electrons. The van der Waals surface area contributed by atoms with E-state index in [9.17, 15) is 13.2 Å². The Kier molecular flexibility index (Phi) is 5.78. The highest BCUT2D eigenvalue weighted by Gasteiger charge is 2.28. The van der Waals surface area contributed by atoms with E-state index in [1.807, 2.05) is 13.8 Å². The first-order valence-electron chi connectivity index (χ1n) is 6.80. The van der Waals surface area contributed by atoms with E-state index in [-0.39, 0.29) is 22.1 Å². The van der Waals surface area contributed by atoms with Crippen molar-refractivity contribution in [1.29, 1.82) is 0 Å². The topological polar surface area (TPSA) is 69.7 Å². The fraction of sp³-hybridized carbons (Fsp3) is 0.533. The minimum Gasteiger partial charge on any atom is -0.494 e. The van der Waals surface area contributed by atoms with Crippen molar-refractivity contribution in [3.63, 3.8) is 0 Å². The number of ether oxygens (including phenoxy) is 2. The smallest absolute Gasteiger partial charge is 0.341 e. The monoisotopic (exact) mass is 314 g/mol. The molecule has 0 aliphatic heterocycles. The molecule has 0 saturated carbocycles. The van der Waals surface area contributed by atoms with Crippen LogP contribution in [0.1, 0.15) is 48.5 Å². The third-order valence-electron chi connectivity index (χ3n) is 3.55. The summed E-state index contributed by atoms with van der Waals surface area (Å²) in [6.45, 7) is 4.00. The average molecular weight is 314 g/mol. The molecule has 21 heavy (non-hydrogen) atoms. The van der Waals surface area contributed by atoms with E-state index in [4.69, 9.17) is 4.74 Å². The van der Waals surface area contributed by atoms with Crippen LogP contribution in [0.25, 0.3) is 0 Å². The molecule has 0 amide bonds. The third-order valence-corrected chi connectivity index (χ3v) is 4.71. The summed E-state index contributed by atoms with van der Waals surface area (Å²) in [6.07, 6.45) is 2.73. The van der Waals surface area contributed by atoms with Crippen LogP contribution < -0.4 is 4.74 Å². The lowest BCUT2D eigenvalue weighted by Gasteiger charge is -2.20. The number of hydrogen-bond donors (Lipinski definition) is 0. The van der Waals surface area contributed by atoms with Gasteiger partial charge in [0, 0.05) is 6.26 Å². The van der Waals surface area contributed by atoms with Crippen molar-refractivity contribution in [2.24, 2.45) is 0 Å². The van der Waals surface area contributed by atoms with Crippen LogP contribution in [-0.2, 0) is 14.6 Å². The van der Waals surface area contributed by atoms with Crippen LogP contribution in [-0.4, -0.2) is 34.9 Å². The van der Waals surface area contributed by atoms with Crippen LogP contribution in [0.4, 0.5) is 0 Å². The molecule has 0 bridgehead atoms. The number of carbonyl (C=O) groups excluding carboxylic acids is 1. The second kappa shape index (κ2) is 6.93. The number of methoxy groups -OCH3 is 2. The lowest BCUT2D eigenvalue weighted by molar-refractivity contribution is 0.0596. The van der Waals surface area contributed by atoms with Gasteiger partial charge in [-0.05, 0) is 30.4 Å². The molecular formula is C15H22O5S. The van der Waals surface area contributed by atoms with Crippen molar-refractivity contribution in [3.8, 4) is 5.75 Å². The van der Waals surface area contributed by atoms with Gasteiger partial charge in [0.05, 0.1) is 14.2 Å². The van der Waals surface area contributed by atoms with E-state index >= 15 is 0 Å². The highest BCUT2D eigenvalue weighted by molar-refractivity contribution is 7.90. The molecule has 0 aromatic heterocycles. The Balaban J connectivity index is 3.74. The SMILES string of the molecule is CCC(CC)c1ccc(C(=O)OC)c(OC)c1S(C)(=O)=O. The van der Waals surface area contributed by atoms with Crippen LogP contribution in [0.15, 0.2) is 17.0 Å². The van der Waals surface area contributed by atoms with Gasteiger partial charge < -0.3 is 9.47 Å². The maximum absolute atomic E-state index is 12.2. The van der Waals surface area contributed by atoms with Gasteiger partial charge in [-0.1, -0.05) is 19.9 Å². The van der Waals surface area contributed by atoms with E-state index in [0.717, 1.165) is 19.1 Å². The number of sulfone groups is 1. The molecule has 5 nitrogen and oxygen atoms in total. The molecule has 1 rings (SSSR count). The highest BCUT2D eigenvalue weighted by atomic mass is 32.2. The summed E-state index contributed by atoms with van der Waals surface area (Å²) in [5, 5.41) is 0. The highest BCUT2D eigenvalue weighted by Crippen LogP contribution is 2.37. The van der Waals surface area contributed by atoms with E-state index in [1.165, 1.54) is 14.2 Å². The van der Waals surface area contributed by atoms with Crippen LogP contribution in [0.3, 0.4) is 0 Å². The lowest BCUT2D eigenvalue weighted by Crippen LogP contribution is -2.13. The summed E-state index contributed by atoms with van der Waals surface area (Å²) in [4.78, 5) is 11.9. The molecule has 118 valence electrons. The minimum absolute atomic E-state index is 0.0637. The summed E-state index contributed by atoms with van der Waals surface area (Å²) < 4.78 is 34.3. The summed E-state index contributed by atoms with van der Waals surface area (Å²) in [6, 6.07) is 3.25. The maximum atomic E-state index is 12.2. The van der Waals surface area contributed by atoms with Gasteiger partial charge in [0.2, 0.25) is 0 Å². The second-order valence-electron chi connectivity index (χ2n) is 4.84. The number of benzene rings is 1. The zero-order chi connectivity index (χ0) is 16.2. The van der Waals surface area contributed by atoms with Crippen molar-refractivity contribution < 1.29 is 22.7 Å². The van der Waals surface area contributed by atoms with E-state index in [2.05, 4.69) is 4.74 Å². The first kappa shape index (κ1) is 17.5. The van der Waals surface area contributed by atoms with Crippen molar-refractivity contribution in [1.82, 2.24) is 0 Å².